The molecule has 136 valence electrons. The Hall–Kier alpha value is -2.69. The summed E-state index contributed by atoms with van der Waals surface area (Å²) in [5, 5.41) is 10.2. The first kappa shape index (κ1) is 16.8. The molecule has 26 heavy (non-hydrogen) atoms. The van der Waals surface area contributed by atoms with Crippen LogP contribution in [0.5, 0.6) is 23.0 Å². The SMILES string of the molecule is CCCc1cc2c(cc1O)OC(CC)C(c1ccc3c(c1)OCO3)C2=O. The van der Waals surface area contributed by atoms with Gasteiger partial charge < -0.3 is 19.3 Å². The summed E-state index contributed by atoms with van der Waals surface area (Å²) in [7, 11) is 0. The monoisotopic (exact) mass is 354 g/mol. The number of ether oxygens (including phenoxy) is 3. The summed E-state index contributed by atoms with van der Waals surface area (Å²) < 4.78 is 16.9. The third kappa shape index (κ3) is 2.68. The van der Waals surface area contributed by atoms with Crippen molar-refractivity contribution in [3.8, 4) is 23.0 Å². The van der Waals surface area contributed by atoms with Gasteiger partial charge in [0.25, 0.3) is 0 Å². The van der Waals surface area contributed by atoms with Gasteiger partial charge in [-0.1, -0.05) is 26.3 Å². The lowest BCUT2D eigenvalue weighted by atomic mass is 9.82. The van der Waals surface area contributed by atoms with Crippen molar-refractivity contribution in [1.82, 2.24) is 0 Å². The van der Waals surface area contributed by atoms with E-state index in [1.54, 1.807) is 12.1 Å². The normalized spacial score (nSPS) is 20.6. The number of carbonyl (C=O) groups is 1. The molecule has 0 saturated carbocycles. The van der Waals surface area contributed by atoms with Crippen LogP contribution >= 0.6 is 0 Å². The molecule has 0 aromatic heterocycles. The maximum Gasteiger partial charge on any atom is 0.231 e. The average molecular weight is 354 g/mol. The summed E-state index contributed by atoms with van der Waals surface area (Å²) >= 11 is 0. The smallest absolute Gasteiger partial charge is 0.231 e. The van der Waals surface area contributed by atoms with Gasteiger partial charge in [0.2, 0.25) is 6.79 Å². The lowest BCUT2D eigenvalue weighted by Gasteiger charge is -2.32. The predicted octanol–water partition coefficient (Wildman–Crippen LogP) is 4.21. The summed E-state index contributed by atoms with van der Waals surface area (Å²) in [5.74, 6) is 1.64. The lowest BCUT2D eigenvalue weighted by molar-refractivity contribution is 0.0775. The highest BCUT2D eigenvalue weighted by atomic mass is 16.7. The Morgan fingerprint density at radius 2 is 1.88 bits per heavy atom. The van der Waals surface area contributed by atoms with Crippen molar-refractivity contribution >= 4 is 5.78 Å². The molecule has 1 N–H and O–H groups in total. The number of rotatable bonds is 4. The minimum Gasteiger partial charge on any atom is -0.508 e. The molecule has 5 nitrogen and oxygen atoms in total. The van der Waals surface area contributed by atoms with Crippen molar-refractivity contribution in [3.63, 3.8) is 0 Å². The molecule has 2 atom stereocenters. The van der Waals surface area contributed by atoms with Crippen LogP contribution in [0.2, 0.25) is 0 Å². The molecule has 0 aliphatic carbocycles. The number of fused-ring (bicyclic) bond motifs is 2. The van der Waals surface area contributed by atoms with E-state index in [4.69, 9.17) is 14.2 Å². The third-order valence-corrected chi connectivity index (χ3v) is 5.06. The van der Waals surface area contributed by atoms with Gasteiger partial charge >= 0.3 is 0 Å². The summed E-state index contributed by atoms with van der Waals surface area (Å²) in [6.07, 6.45) is 2.01. The van der Waals surface area contributed by atoms with Gasteiger partial charge in [0.05, 0.1) is 11.5 Å². The van der Waals surface area contributed by atoms with Crippen molar-refractivity contribution in [3.05, 3.63) is 47.0 Å². The van der Waals surface area contributed by atoms with E-state index in [1.807, 2.05) is 32.0 Å². The molecular weight excluding hydrogens is 332 g/mol. The highest BCUT2D eigenvalue weighted by molar-refractivity contribution is 6.05. The number of ketones is 1. The molecule has 0 amide bonds. The quantitative estimate of drug-likeness (QED) is 0.891. The first-order valence-electron chi connectivity index (χ1n) is 9.08. The fraction of sp³-hybridized carbons (Fsp3) is 0.381. The van der Waals surface area contributed by atoms with Crippen LogP contribution in [0.4, 0.5) is 0 Å². The van der Waals surface area contributed by atoms with Crippen molar-refractivity contribution in [2.24, 2.45) is 0 Å². The summed E-state index contributed by atoms with van der Waals surface area (Å²) in [5.41, 5.74) is 2.18. The Balaban J connectivity index is 1.76. The second-order valence-corrected chi connectivity index (χ2v) is 6.75. The van der Waals surface area contributed by atoms with Crippen LogP contribution in [0.15, 0.2) is 30.3 Å². The minimum atomic E-state index is -0.402. The molecule has 0 radical (unpaired) electrons. The Labute approximate surface area is 152 Å². The first-order chi connectivity index (χ1) is 12.6. The van der Waals surface area contributed by atoms with E-state index < -0.39 is 5.92 Å². The Morgan fingerprint density at radius 1 is 1.08 bits per heavy atom. The number of carbonyl (C=O) groups excluding carboxylic acids is 1. The van der Waals surface area contributed by atoms with Crippen LogP contribution in [0, 0.1) is 0 Å². The van der Waals surface area contributed by atoms with Crippen molar-refractivity contribution in [2.75, 3.05) is 6.79 Å². The predicted molar refractivity (Wildman–Crippen MR) is 96.4 cm³/mol. The number of phenolic OH excluding ortho intramolecular Hbond substituents is 1. The van der Waals surface area contributed by atoms with Crippen LogP contribution in [0.1, 0.15) is 54.1 Å². The zero-order valence-corrected chi connectivity index (χ0v) is 15.0. The number of aromatic hydroxyl groups is 1. The van der Waals surface area contributed by atoms with Gasteiger partial charge in [-0.15, -0.1) is 0 Å². The maximum absolute atomic E-state index is 13.3. The van der Waals surface area contributed by atoms with Gasteiger partial charge in [0.15, 0.2) is 17.3 Å². The summed E-state index contributed by atoms with van der Waals surface area (Å²) in [6, 6.07) is 8.97. The van der Waals surface area contributed by atoms with Gasteiger partial charge in [-0.2, -0.15) is 0 Å². The number of phenols is 1. The van der Waals surface area contributed by atoms with Gasteiger partial charge in [-0.25, -0.2) is 0 Å². The highest BCUT2D eigenvalue weighted by Crippen LogP contribution is 2.43. The fourth-order valence-electron chi connectivity index (χ4n) is 3.73. The van der Waals surface area contributed by atoms with Crippen molar-refractivity contribution in [1.29, 1.82) is 0 Å². The Kier molecular flexibility index (Phi) is 4.23. The molecule has 0 bridgehead atoms. The molecule has 4 rings (SSSR count). The van der Waals surface area contributed by atoms with Crippen LogP contribution in [-0.2, 0) is 6.42 Å². The van der Waals surface area contributed by atoms with Gasteiger partial charge in [-0.05, 0) is 42.2 Å². The third-order valence-electron chi connectivity index (χ3n) is 5.06. The molecule has 0 fully saturated rings. The van der Waals surface area contributed by atoms with Crippen LogP contribution in [0.3, 0.4) is 0 Å². The number of Topliss-reactive ketones (excluding diaryl/α,β-unsaturated/α-hetero) is 1. The van der Waals surface area contributed by atoms with Gasteiger partial charge in [0, 0.05) is 6.07 Å². The first-order valence-corrected chi connectivity index (χ1v) is 9.08. The molecule has 2 aliphatic rings. The van der Waals surface area contributed by atoms with Gasteiger partial charge in [-0.3, -0.25) is 4.79 Å². The zero-order chi connectivity index (χ0) is 18.3. The molecule has 2 heterocycles. The fourth-order valence-corrected chi connectivity index (χ4v) is 3.73. The molecule has 2 unspecified atom stereocenters. The second-order valence-electron chi connectivity index (χ2n) is 6.75. The van der Waals surface area contributed by atoms with E-state index in [1.165, 1.54) is 0 Å². The van der Waals surface area contributed by atoms with Crippen LogP contribution in [0.25, 0.3) is 0 Å². The Bertz CT molecular complexity index is 858. The summed E-state index contributed by atoms with van der Waals surface area (Å²) in [6.45, 7) is 4.24. The Morgan fingerprint density at radius 3 is 2.65 bits per heavy atom. The molecule has 2 aromatic carbocycles. The lowest BCUT2D eigenvalue weighted by Crippen LogP contribution is -2.35. The molecule has 0 spiro atoms. The van der Waals surface area contributed by atoms with E-state index in [9.17, 15) is 9.90 Å². The minimum absolute atomic E-state index is 0.0225. The summed E-state index contributed by atoms with van der Waals surface area (Å²) in [4.78, 5) is 13.3. The van der Waals surface area contributed by atoms with E-state index >= 15 is 0 Å². The number of benzene rings is 2. The largest absolute Gasteiger partial charge is 0.508 e. The second kappa shape index (κ2) is 6.56. The molecule has 2 aromatic rings. The highest BCUT2D eigenvalue weighted by Gasteiger charge is 2.38. The van der Waals surface area contributed by atoms with Crippen LogP contribution < -0.4 is 14.2 Å². The van der Waals surface area contributed by atoms with Crippen molar-refractivity contribution < 1.29 is 24.1 Å². The van der Waals surface area contributed by atoms with Crippen molar-refractivity contribution in [2.45, 2.75) is 45.1 Å². The number of hydrogen-bond donors (Lipinski definition) is 1. The van der Waals surface area contributed by atoms with E-state index in [-0.39, 0.29) is 24.4 Å². The zero-order valence-electron chi connectivity index (χ0n) is 15.0. The van der Waals surface area contributed by atoms with E-state index in [2.05, 4.69) is 0 Å². The molecule has 0 saturated heterocycles. The van der Waals surface area contributed by atoms with Gasteiger partial charge in [0.1, 0.15) is 17.6 Å². The molecule has 2 aliphatic heterocycles. The average Bonchev–Trinajstić information content (AvgIpc) is 3.10. The topological polar surface area (TPSA) is 65.0 Å². The maximum atomic E-state index is 13.3. The van der Waals surface area contributed by atoms with E-state index in [0.717, 1.165) is 24.0 Å². The molecule has 5 heteroatoms. The van der Waals surface area contributed by atoms with Crippen LogP contribution in [-0.4, -0.2) is 23.8 Å². The molecular formula is C21H22O5. The standard InChI is InChI=1S/C21H22O5/c1-3-5-12-8-14-18(10-15(12)22)26-16(4-2)20(21(14)23)13-6-7-17-19(9-13)25-11-24-17/h6-10,16,20,22H,3-5,11H2,1-2H3. The number of aryl methyl sites for hydroxylation is 1. The van der Waals surface area contributed by atoms with E-state index in [0.29, 0.717) is 29.2 Å². The number of hydrogen-bond acceptors (Lipinski definition) is 5.